The van der Waals surface area contributed by atoms with Gasteiger partial charge in [-0.3, -0.25) is 4.79 Å². The molecular formula is C13H16N4O. The first-order chi connectivity index (χ1) is 8.65. The van der Waals surface area contributed by atoms with Crippen LogP contribution in [-0.4, -0.2) is 28.5 Å². The Labute approximate surface area is 105 Å². The maximum absolute atomic E-state index is 11.4. The fourth-order valence-electron chi connectivity index (χ4n) is 2.68. The van der Waals surface area contributed by atoms with E-state index in [0.717, 1.165) is 41.9 Å². The van der Waals surface area contributed by atoms with Crippen LogP contribution in [0.2, 0.25) is 0 Å². The van der Waals surface area contributed by atoms with Crippen LogP contribution < -0.4 is 10.6 Å². The molecule has 1 fully saturated rings. The second kappa shape index (κ2) is 4.01. The molecule has 5 heteroatoms. The fourth-order valence-corrected chi connectivity index (χ4v) is 2.68. The summed E-state index contributed by atoms with van der Waals surface area (Å²) in [6.45, 7) is 2.81. The average molecular weight is 244 g/mol. The highest BCUT2D eigenvalue weighted by molar-refractivity contribution is 5.86. The van der Waals surface area contributed by atoms with Gasteiger partial charge in [0.1, 0.15) is 11.9 Å². The van der Waals surface area contributed by atoms with Crippen LogP contribution in [0.3, 0.4) is 0 Å². The smallest absolute Gasteiger partial charge is 0.240 e. The summed E-state index contributed by atoms with van der Waals surface area (Å²) in [5, 5.41) is 0. The van der Waals surface area contributed by atoms with E-state index in [-0.39, 0.29) is 11.9 Å². The minimum absolute atomic E-state index is 0.175. The number of carbonyl (C=O) groups is 1. The molecule has 3 N–H and O–H groups in total. The molecule has 0 aliphatic carbocycles. The third kappa shape index (κ3) is 1.72. The number of imidazole rings is 1. The number of benzene rings is 1. The van der Waals surface area contributed by atoms with Gasteiger partial charge in [0.25, 0.3) is 0 Å². The first-order valence-electron chi connectivity index (χ1n) is 6.17. The van der Waals surface area contributed by atoms with Crippen molar-refractivity contribution in [1.82, 2.24) is 9.97 Å². The van der Waals surface area contributed by atoms with Gasteiger partial charge in [-0.25, -0.2) is 4.98 Å². The van der Waals surface area contributed by atoms with Crippen molar-refractivity contribution in [3.63, 3.8) is 0 Å². The van der Waals surface area contributed by atoms with E-state index in [9.17, 15) is 4.79 Å². The number of rotatable bonds is 2. The summed E-state index contributed by atoms with van der Waals surface area (Å²) in [5.41, 5.74) is 8.43. The van der Waals surface area contributed by atoms with Crippen molar-refractivity contribution in [2.24, 2.45) is 5.73 Å². The number of amides is 1. The van der Waals surface area contributed by atoms with E-state index in [1.807, 2.05) is 25.1 Å². The van der Waals surface area contributed by atoms with Gasteiger partial charge in [-0.15, -0.1) is 0 Å². The van der Waals surface area contributed by atoms with Gasteiger partial charge < -0.3 is 15.6 Å². The molecule has 0 spiro atoms. The summed E-state index contributed by atoms with van der Waals surface area (Å²) < 4.78 is 0. The Hall–Kier alpha value is -2.04. The molecule has 1 unspecified atom stereocenters. The Balaban J connectivity index is 2.00. The average Bonchev–Trinajstić information content (AvgIpc) is 2.91. The lowest BCUT2D eigenvalue weighted by Gasteiger charge is -2.24. The van der Waals surface area contributed by atoms with Gasteiger partial charge >= 0.3 is 0 Å². The Bertz CT molecular complexity index is 604. The number of fused-ring (bicyclic) bond motifs is 1. The molecule has 0 bridgehead atoms. The summed E-state index contributed by atoms with van der Waals surface area (Å²) >= 11 is 0. The third-order valence-corrected chi connectivity index (χ3v) is 3.50. The summed E-state index contributed by atoms with van der Waals surface area (Å²) in [6.07, 6.45) is 1.85. The number of primary amides is 1. The van der Waals surface area contributed by atoms with Crippen molar-refractivity contribution in [2.45, 2.75) is 25.8 Å². The molecule has 5 nitrogen and oxygen atoms in total. The standard InChI is InChI=1S/C13H16N4O/c1-8-15-10-5-4-9(7-11(10)16-8)17-6-2-3-12(17)13(14)18/h4-5,7,12H,2-3,6H2,1H3,(H2,14,18)(H,15,16). The second-order valence-electron chi connectivity index (χ2n) is 4.78. The molecule has 0 saturated carbocycles. The number of nitrogens with two attached hydrogens (primary N) is 1. The number of hydrogen-bond acceptors (Lipinski definition) is 3. The van der Waals surface area contributed by atoms with E-state index in [1.54, 1.807) is 0 Å². The maximum atomic E-state index is 11.4. The Morgan fingerprint density at radius 1 is 1.56 bits per heavy atom. The van der Waals surface area contributed by atoms with Gasteiger partial charge in [0.2, 0.25) is 5.91 Å². The first kappa shape index (κ1) is 11.1. The molecule has 2 aromatic rings. The van der Waals surface area contributed by atoms with E-state index >= 15 is 0 Å². The van der Waals surface area contributed by atoms with Gasteiger partial charge in [-0.05, 0) is 38.0 Å². The number of nitrogens with one attached hydrogen (secondary N) is 1. The fraction of sp³-hybridized carbons (Fsp3) is 0.385. The van der Waals surface area contributed by atoms with Gasteiger partial charge in [-0.2, -0.15) is 0 Å². The van der Waals surface area contributed by atoms with Crippen LogP contribution in [0.4, 0.5) is 5.69 Å². The quantitative estimate of drug-likeness (QED) is 0.836. The van der Waals surface area contributed by atoms with Crippen LogP contribution in [-0.2, 0) is 4.79 Å². The maximum Gasteiger partial charge on any atom is 0.240 e. The number of carbonyl (C=O) groups excluding carboxylic acids is 1. The second-order valence-corrected chi connectivity index (χ2v) is 4.78. The monoisotopic (exact) mass is 244 g/mol. The Morgan fingerprint density at radius 2 is 2.39 bits per heavy atom. The first-order valence-corrected chi connectivity index (χ1v) is 6.17. The normalized spacial score (nSPS) is 19.6. The minimum Gasteiger partial charge on any atom is -0.368 e. The lowest BCUT2D eigenvalue weighted by molar-refractivity contribution is -0.119. The molecule has 1 atom stereocenters. The highest BCUT2D eigenvalue weighted by Gasteiger charge is 2.29. The molecule has 94 valence electrons. The van der Waals surface area contributed by atoms with E-state index in [1.165, 1.54) is 0 Å². The van der Waals surface area contributed by atoms with Gasteiger partial charge in [-0.1, -0.05) is 0 Å². The highest BCUT2D eigenvalue weighted by Crippen LogP contribution is 2.27. The molecule has 1 aliphatic rings. The topological polar surface area (TPSA) is 75.0 Å². The van der Waals surface area contributed by atoms with Crippen molar-refractivity contribution in [1.29, 1.82) is 0 Å². The molecule has 3 rings (SSSR count). The number of aromatic nitrogens is 2. The van der Waals surface area contributed by atoms with E-state index in [0.29, 0.717) is 0 Å². The molecule has 1 amide bonds. The SMILES string of the molecule is Cc1nc2ccc(N3CCCC3C(N)=O)cc2[nH]1. The summed E-state index contributed by atoms with van der Waals surface area (Å²) in [7, 11) is 0. The van der Waals surface area contributed by atoms with Gasteiger partial charge in [0.15, 0.2) is 0 Å². The molecule has 2 heterocycles. The zero-order chi connectivity index (χ0) is 12.7. The molecule has 1 saturated heterocycles. The predicted molar refractivity (Wildman–Crippen MR) is 70.4 cm³/mol. The van der Waals surface area contributed by atoms with E-state index < -0.39 is 0 Å². The third-order valence-electron chi connectivity index (χ3n) is 3.50. The van der Waals surface area contributed by atoms with E-state index in [4.69, 9.17) is 5.73 Å². The largest absolute Gasteiger partial charge is 0.368 e. The summed E-state index contributed by atoms with van der Waals surface area (Å²) in [5.74, 6) is 0.656. The van der Waals surface area contributed by atoms with Crippen molar-refractivity contribution in [3.8, 4) is 0 Å². The number of aryl methyl sites for hydroxylation is 1. The number of H-pyrrole nitrogens is 1. The molecular weight excluding hydrogens is 228 g/mol. The van der Waals surface area contributed by atoms with Crippen LogP contribution in [0, 0.1) is 6.92 Å². The number of nitrogens with zero attached hydrogens (tertiary/aromatic N) is 2. The zero-order valence-corrected chi connectivity index (χ0v) is 10.3. The van der Waals surface area contributed by atoms with Crippen LogP contribution in [0.1, 0.15) is 18.7 Å². The summed E-state index contributed by atoms with van der Waals surface area (Å²) in [4.78, 5) is 21.1. The van der Waals surface area contributed by atoms with Crippen molar-refractivity contribution >= 4 is 22.6 Å². The van der Waals surface area contributed by atoms with Gasteiger partial charge in [0.05, 0.1) is 11.0 Å². The highest BCUT2D eigenvalue weighted by atomic mass is 16.1. The minimum atomic E-state index is -0.242. The van der Waals surface area contributed by atoms with Crippen LogP contribution >= 0.6 is 0 Å². The predicted octanol–water partition coefficient (Wildman–Crippen LogP) is 1.33. The van der Waals surface area contributed by atoms with Crippen LogP contribution in [0.25, 0.3) is 11.0 Å². The number of anilines is 1. The van der Waals surface area contributed by atoms with Crippen LogP contribution in [0.15, 0.2) is 18.2 Å². The lowest BCUT2D eigenvalue weighted by Crippen LogP contribution is -2.40. The lowest BCUT2D eigenvalue weighted by atomic mass is 10.2. The molecule has 1 aromatic carbocycles. The van der Waals surface area contributed by atoms with E-state index in [2.05, 4.69) is 14.9 Å². The van der Waals surface area contributed by atoms with Crippen LogP contribution in [0.5, 0.6) is 0 Å². The zero-order valence-electron chi connectivity index (χ0n) is 10.3. The molecule has 1 aliphatic heterocycles. The Morgan fingerprint density at radius 3 is 3.17 bits per heavy atom. The van der Waals surface area contributed by atoms with Gasteiger partial charge in [0, 0.05) is 12.2 Å². The van der Waals surface area contributed by atoms with Crippen molar-refractivity contribution in [3.05, 3.63) is 24.0 Å². The molecule has 18 heavy (non-hydrogen) atoms. The summed E-state index contributed by atoms with van der Waals surface area (Å²) in [6, 6.07) is 5.84. The van der Waals surface area contributed by atoms with Crippen molar-refractivity contribution in [2.75, 3.05) is 11.4 Å². The molecule has 1 aromatic heterocycles. The van der Waals surface area contributed by atoms with Crippen molar-refractivity contribution < 1.29 is 4.79 Å². The number of aromatic amines is 1. The number of hydrogen-bond donors (Lipinski definition) is 2. The Kier molecular flexibility index (Phi) is 2.47. The molecule has 0 radical (unpaired) electrons.